The molecule has 1 aliphatic rings. The van der Waals surface area contributed by atoms with Crippen molar-refractivity contribution in [3.05, 3.63) is 58.5 Å². The first kappa shape index (κ1) is 21.3. The second-order valence-electron chi connectivity index (χ2n) is 7.49. The standard InChI is InChI=1S/C21H27N3O4S/c1-3-17-6-8-18(9-7-17)22-20(25)15-23-12-4-5-19(21(23)26)29(27,28)24-13-10-16(2)11-14-24/h4-9,12,16H,3,10-11,13-15H2,1-2H3,(H,22,25). The molecule has 1 saturated heterocycles. The van der Waals surface area contributed by atoms with Crippen molar-refractivity contribution < 1.29 is 13.2 Å². The fourth-order valence-corrected chi connectivity index (χ4v) is 4.94. The Morgan fingerprint density at radius 2 is 1.79 bits per heavy atom. The summed E-state index contributed by atoms with van der Waals surface area (Å²) in [6, 6.07) is 10.3. The van der Waals surface area contributed by atoms with Crippen LogP contribution in [0.1, 0.15) is 32.3 Å². The molecule has 3 rings (SSSR count). The number of aromatic nitrogens is 1. The molecule has 0 bridgehead atoms. The van der Waals surface area contributed by atoms with Crippen LogP contribution in [-0.2, 0) is 27.8 Å². The van der Waals surface area contributed by atoms with Crippen molar-refractivity contribution >= 4 is 21.6 Å². The maximum Gasteiger partial charge on any atom is 0.271 e. The number of piperidine rings is 1. The van der Waals surface area contributed by atoms with E-state index in [4.69, 9.17) is 0 Å². The molecule has 0 atom stereocenters. The summed E-state index contributed by atoms with van der Waals surface area (Å²) in [6.07, 6.45) is 3.89. The van der Waals surface area contributed by atoms with Crippen LogP contribution in [0, 0.1) is 5.92 Å². The Morgan fingerprint density at radius 1 is 1.14 bits per heavy atom. The van der Waals surface area contributed by atoms with E-state index in [1.165, 1.54) is 22.6 Å². The van der Waals surface area contributed by atoms with E-state index < -0.39 is 21.5 Å². The normalized spacial score (nSPS) is 15.9. The zero-order valence-electron chi connectivity index (χ0n) is 16.8. The molecular formula is C21H27N3O4S. The van der Waals surface area contributed by atoms with Gasteiger partial charge in [0.05, 0.1) is 0 Å². The van der Waals surface area contributed by atoms with Crippen LogP contribution in [-0.4, -0.2) is 36.3 Å². The third-order valence-corrected chi connectivity index (χ3v) is 7.22. The molecule has 156 valence electrons. The van der Waals surface area contributed by atoms with E-state index in [0.29, 0.717) is 24.7 Å². The topological polar surface area (TPSA) is 88.5 Å². The van der Waals surface area contributed by atoms with Crippen molar-refractivity contribution in [1.82, 2.24) is 8.87 Å². The van der Waals surface area contributed by atoms with E-state index in [0.717, 1.165) is 29.4 Å². The molecule has 0 radical (unpaired) electrons. The molecule has 2 aromatic rings. The number of pyridine rings is 1. The second-order valence-corrected chi connectivity index (χ2v) is 9.40. The molecule has 1 aromatic carbocycles. The highest BCUT2D eigenvalue weighted by Gasteiger charge is 2.30. The van der Waals surface area contributed by atoms with Crippen LogP contribution < -0.4 is 10.9 Å². The zero-order valence-corrected chi connectivity index (χ0v) is 17.6. The Kier molecular flexibility index (Phi) is 6.54. The van der Waals surface area contributed by atoms with Crippen LogP contribution in [0.15, 0.2) is 52.3 Å². The van der Waals surface area contributed by atoms with Gasteiger partial charge < -0.3 is 9.88 Å². The SMILES string of the molecule is CCc1ccc(NC(=O)Cn2cccc(S(=O)(=O)N3CCC(C)CC3)c2=O)cc1. The number of hydrogen-bond acceptors (Lipinski definition) is 4. The molecule has 0 spiro atoms. The Morgan fingerprint density at radius 3 is 2.41 bits per heavy atom. The number of carbonyl (C=O) groups excluding carboxylic acids is 1. The number of anilines is 1. The second kappa shape index (κ2) is 8.92. The monoisotopic (exact) mass is 417 g/mol. The van der Waals surface area contributed by atoms with E-state index in [2.05, 4.69) is 12.2 Å². The summed E-state index contributed by atoms with van der Waals surface area (Å²) in [5, 5.41) is 2.74. The number of hydrogen-bond donors (Lipinski definition) is 1. The van der Waals surface area contributed by atoms with Crippen molar-refractivity contribution in [3.8, 4) is 0 Å². The number of carbonyl (C=O) groups is 1. The molecule has 1 aliphatic heterocycles. The predicted octanol–water partition coefficient (Wildman–Crippen LogP) is 2.47. The summed E-state index contributed by atoms with van der Waals surface area (Å²) in [5.41, 5.74) is 1.11. The number of rotatable bonds is 6. The van der Waals surface area contributed by atoms with Crippen molar-refractivity contribution in [2.24, 2.45) is 5.92 Å². The molecule has 1 aromatic heterocycles. The van der Waals surface area contributed by atoms with Gasteiger partial charge in [-0.25, -0.2) is 8.42 Å². The Bertz CT molecular complexity index is 1020. The van der Waals surface area contributed by atoms with Crippen molar-refractivity contribution in [1.29, 1.82) is 0 Å². The van der Waals surface area contributed by atoms with Gasteiger partial charge in [-0.1, -0.05) is 26.0 Å². The summed E-state index contributed by atoms with van der Waals surface area (Å²) in [4.78, 5) is 24.8. The minimum Gasteiger partial charge on any atom is -0.325 e. The van der Waals surface area contributed by atoms with Gasteiger partial charge in [-0.05, 0) is 55.0 Å². The molecular weight excluding hydrogens is 390 g/mol. The molecule has 1 fully saturated rings. The number of aryl methyl sites for hydroxylation is 1. The van der Waals surface area contributed by atoms with Gasteiger partial charge >= 0.3 is 0 Å². The number of sulfonamides is 1. The minimum atomic E-state index is -3.87. The Hall–Kier alpha value is -2.45. The molecule has 0 aliphatic carbocycles. The summed E-state index contributed by atoms with van der Waals surface area (Å²) < 4.78 is 28.3. The van der Waals surface area contributed by atoms with Crippen LogP contribution >= 0.6 is 0 Å². The Labute approximate surface area is 171 Å². The number of nitrogens with zero attached hydrogens (tertiary/aromatic N) is 2. The Balaban J connectivity index is 1.75. The molecule has 0 unspecified atom stereocenters. The largest absolute Gasteiger partial charge is 0.325 e. The summed E-state index contributed by atoms with van der Waals surface area (Å²) >= 11 is 0. The lowest BCUT2D eigenvalue weighted by Gasteiger charge is -2.29. The number of benzene rings is 1. The van der Waals surface area contributed by atoms with Gasteiger partial charge in [0.1, 0.15) is 11.4 Å². The highest BCUT2D eigenvalue weighted by Crippen LogP contribution is 2.21. The van der Waals surface area contributed by atoms with Gasteiger partial charge in [-0.2, -0.15) is 4.31 Å². The third-order valence-electron chi connectivity index (χ3n) is 5.31. The van der Waals surface area contributed by atoms with Crippen molar-refractivity contribution in [2.75, 3.05) is 18.4 Å². The van der Waals surface area contributed by atoms with Crippen LogP contribution in [0.4, 0.5) is 5.69 Å². The average Bonchev–Trinajstić information content (AvgIpc) is 2.70. The van der Waals surface area contributed by atoms with Crippen molar-refractivity contribution in [3.63, 3.8) is 0 Å². The summed E-state index contributed by atoms with van der Waals surface area (Å²) in [6.45, 7) is 4.70. The zero-order chi connectivity index (χ0) is 21.0. The number of nitrogens with one attached hydrogen (secondary N) is 1. The van der Waals surface area contributed by atoms with Gasteiger partial charge in [0, 0.05) is 25.0 Å². The molecule has 8 heteroatoms. The van der Waals surface area contributed by atoms with E-state index in [-0.39, 0.29) is 11.4 Å². The first-order valence-corrected chi connectivity index (χ1v) is 11.3. The maximum absolute atomic E-state index is 12.9. The summed E-state index contributed by atoms with van der Waals surface area (Å²) in [7, 11) is -3.87. The van der Waals surface area contributed by atoms with E-state index in [1.807, 2.05) is 19.1 Å². The van der Waals surface area contributed by atoms with Gasteiger partial charge in [0.15, 0.2) is 0 Å². The lowest BCUT2D eigenvalue weighted by atomic mass is 10.0. The fourth-order valence-electron chi connectivity index (χ4n) is 3.38. The lowest BCUT2D eigenvalue weighted by molar-refractivity contribution is -0.116. The lowest BCUT2D eigenvalue weighted by Crippen LogP contribution is -2.41. The van der Waals surface area contributed by atoms with Gasteiger partial charge in [-0.3, -0.25) is 9.59 Å². The summed E-state index contributed by atoms with van der Waals surface area (Å²) in [5.74, 6) is 0.0849. The van der Waals surface area contributed by atoms with Crippen LogP contribution in [0.5, 0.6) is 0 Å². The minimum absolute atomic E-state index is 0.255. The van der Waals surface area contributed by atoms with Crippen LogP contribution in [0.25, 0.3) is 0 Å². The number of amides is 1. The van der Waals surface area contributed by atoms with Crippen LogP contribution in [0.3, 0.4) is 0 Å². The first-order valence-electron chi connectivity index (χ1n) is 9.89. The molecule has 7 nitrogen and oxygen atoms in total. The average molecular weight is 418 g/mol. The molecule has 1 N–H and O–H groups in total. The molecule has 0 saturated carbocycles. The van der Waals surface area contributed by atoms with E-state index in [1.54, 1.807) is 12.1 Å². The smallest absolute Gasteiger partial charge is 0.271 e. The highest BCUT2D eigenvalue weighted by molar-refractivity contribution is 7.89. The molecule has 29 heavy (non-hydrogen) atoms. The quantitative estimate of drug-likeness (QED) is 0.782. The van der Waals surface area contributed by atoms with E-state index in [9.17, 15) is 18.0 Å². The van der Waals surface area contributed by atoms with Gasteiger partial charge in [0.25, 0.3) is 5.56 Å². The van der Waals surface area contributed by atoms with Crippen LogP contribution in [0.2, 0.25) is 0 Å². The maximum atomic E-state index is 12.9. The molecule has 2 heterocycles. The third kappa shape index (κ3) is 4.94. The fraction of sp³-hybridized carbons (Fsp3) is 0.429. The molecule has 1 amide bonds. The van der Waals surface area contributed by atoms with Gasteiger partial charge in [0.2, 0.25) is 15.9 Å². The highest BCUT2D eigenvalue weighted by atomic mass is 32.2. The predicted molar refractivity (Wildman–Crippen MR) is 112 cm³/mol. The van der Waals surface area contributed by atoms with E-state index >= 15 is 0 Å². The van der Waals surface area contributed by atoms with Crippen molar-refractivity contribution in [2.45, 2.75) is 44.6 Å². The van der Waals surface area contributed by atoms with Gasteiger partial charge in [-0.15, -0.1) is 0 Å². The first-order chi connectivity index (χ1) is 13.8.